The van der Waals surface area contributed by atoms with Crippen LogP contribution in [0.1, 0.15) is 29.8 Å². The maximum atomic E-state index is 12.8. The molecular formula is C17H18ClNOS. The quantitative estimate of drug-likeness (QED) is 0.811. The minimum atomic E-state index is -0.0743. The molecule has 0 N–H and O–H groups in total. The van der Waals surface area contributed by atoms with Gasteiger partial charge in [0.1, 0.15) is 0 Å². The number of carbonyl (C=O) groups is 1. The van der Waals surface area contributed by atoms with Gasteiger partial charge in [0, 0.05) is 17.5 Å². The third-order valence-corrected chi connectivity index (χ3v) is 3.87. The first kappa shape index (κ1) is 15.9. The van der Waals surface area contributed by atoms with Crippen LogP contribution >= 0.6 is 24.2 Å². The molecular weight excluding hydrogens is 302 g/mol. The van der Waals surface area contributed by atoms with E-state index in [1.165, 1.54) is 0 Å². The molecule has 0 bridgehead atoms. The highest BCUT2D eigenvalue weighted by Gasteiger charge is 2.21. The fourth-order valence-corrected chi connectivity index (χ4v) is 2.50. The molecule has 0 aliphatic rings. The fraction of sp³-hybridized carbons (Fsp3) is 0.235. The van der Waals surface area contributed by atoms with E-state index in [1.807, 2.05) is 49.1 Å². The molecule has 4 heteroatoms. The summed E-state index contributed by atoms with van der Waals surface area (Å²) in [5.74, 6) is -0.0743. The van der Waals surface area contributed by atoms with Gasteiger partial charge in [0.2, 0.25) is 0 Å². The van der Waals surface area contributed by atoms with Crippen LogP contribution in [-0.4, -0.2) is 16.8 Å². The predicted molar refractivity (Wildman–Crippen MR) is 90.2 cm³/mol. The number of benzene rings is 2. The number of hydrogen-bond acceptors (Lipinski definition) is 2. The number of carbonyl (C=O) groups excluding carboxylic acids is 1. The van der Waals surface area contributed by atoms with Gasteiger partial charge >= 0.3 is 0 Å². The Bertz CT molecular complexity index is 628. The zero-order chi connectivity index (χ0) is 15.4. The Hall–Kier alpha value is -1.45. The lowest BCUT2D eigenvalue weighted by atomic mass is 10.1. The van der Waals surface area contributed by atoms with Crippen molar-refractivity contribution in [3.63, 3.8) is 0 Å². The molecule has 0 aliphatic heterocycles. The van der Waals surface area contributed by atoms with Gasteiger partial charge < -0.3 is 4.90 Å². The standard InChI is InChI=1S/C17H18ClNOS/c1-12(2)19(11-13-6-4-3-5-7-13)17(20)15-10-14(21)8-9-16(15)18/h3-10,12,21H,11H2,1-2H3. The van der Waals surface area contributed by atoms with Gasteiger partial charge in [0.25, 0.3) is 5.91 Å². The minimum absolute atomic E-state index is 0.0743. The van der Waals surface area contributed by atoms with E-state index in [0.29, 0.717) is 17.1 Å². The van der Waals surface area contributed by atoms with Crippen LogP contribution in [0.15, 0.2) is 53.4 Å². The molecule has 2 rings (SSSR count). The second-order valence-electron chi connectivity index (χ2n) is 5.18. The number of nitrogens with zero attached hydrogens (tertiary/aromatic N) is 1. The minimum Gasteiger partial charge on any atom is -0.332 e. The molecule has 2 aromatic carbocycles. The van der Waals surface area contributed by atoms with E-state index in [0.717, 1.165) is 10.5 Å². The molecule has 0 fully saturated rings. The van der Waals surface area contributed by atoms with Crippen molar-refractivity contribution >= 4 is 30.1 Å². The van der Waals surface area contributed by atoms with Gasteiger partial charge in [-0.3, -0.25) is 4.79 Å². The smallest absolute Gasteiger partial charge is 0.255 e. The van der Waals surface area contributed by atoms with Gasteiger partial charge in [-0.15, -0.1) is 12.6 Å². The van der Waals surface area contributed by atoms with E-state index in [9.17, 15) is 4.79 Å². The SMILES string of the molecule is CC(C)N(Cc1ccccc1)C(=O)c1cc(S)ccc1Cl. The Kier molecular flexibility index (Phi) is 5.32. The molecule has 2 aromatic rings. The average molecular weight is 320 g/mol. The summed E-state index contributed by atoms with van der Waals surface area (Å²) >= 11 is 10.4. The van der Waals surface area contributed by atoms with Crippen molar-refractivity contribution in [2.45, 2.75) is 31.3 Å². The normalized spacial score (nSPS) is 10.7. The van der Waals surface area contributed by atoms with Crippen LogP contribution in [0, 0.1) is 0 Å². The van der Waals surface area contributed by atoms with E-state index >= 15 is 0 Å². The molecule has 0 atom stereocenters. The van der Waals surface area contributed by atoms with Gasteiger partial charge in [-0.1, -0.05) is 41.9 Å². The largest absolute Gasteiger partial charge is 0.332 e. The fourth-order valence-electron chi connectivity index (χ4n) is 2.10. The molecule has 2 nitrogen and oxygen atoms in total. The summed E-state index contributed by atoms with van der Waals surface area (Å²) in [5.41, 5.74) is 1.59. The molecule has 0 unspecified atom stereocenters. The highest BCUT2D eigenvalue weighted by atomic mass is 35.5. The first-order valence-electron chi connectivity index (χ1n) is 6.82. The van der Waals surface area contributed by atoms with E-state index < -0.39 is 0 Å². The second kappa shape index (κ2) is 7.01. The summed E-state index contributed by atoms with van der Waals surface area (Å²) in [6.45, 7) is 4.56. The van der Waals surface area contributed by atoms with Crippen LogP contribution in [0.5, 0.6) is 0 Å². The molecule has 1 amide bonds. The van der Waals surface area contributed by atoms with Gasteiger partial charge in [-0.2, -0.15) is 0 Å². The van der Waals surface area contributed by atoms with Crippen molar-refractivity contribution in [3.8, 4) is 0 Å². The summed E-state index contributed by atoms with van der Waals surface area (Å²) in [6.07, 6.45) is 0. The maximum Gasteiger partial charge on any atom is 0.255 e. The lowest BCUT2D eigenvalue weighted by Crippen LogP contribution is -2.36. The molecule has 0 spiro atoms. The number of halogens is 1. The first-order valence-corrected chi connectivity index (χ1v) is 7.65. The summed E-state index contributed by atoms with van der Waals surface area (Å²) in [5, 5.41) is 0.455. The van der Waals surface area contributed by atoms with E-state index in [-0.39, 0.29) is 11.9 Å². The summed E-state index contributed by atoms with van der Waals surface area (Å²) in [7, 11) is 0. The lowest BCUT2D eigenvalue weighted by Gasteiger charge is -2.27. The summed E-state index contributed by atoms with van der Waals surface area (Å²) < 4.78 is 0. The maximum absolute atomic E-state index is 12.8. The third kappa shape index (κ3) is 4.02. The molecule has 21 heavy (non-hydrogen) atoms. The van der Waals surface area contributed by atoms with Crippen LogP contribution in [0.4, 0.5) is 0 Å². The van der Waals surface area contributed by atoms with Gasteiger partial charge in [-0.25, -0.2) is 0 Å². The molecule has 0 saturated heterocycles. The topological polar surface area (TPSA) is 20.3 Å². The van der Waals surface area contributed by atoms with Crippen LogP contribution in [0.2, 0.25) is 5.02 Å². The Morgan fingerprint density at radius 3 is 2.48 bits per heavy atom. The van der Waals surface area contributed by atoms with E-state index in [2.05, 4.69) is 12.6 Å². The number of amides is 1. The van der Waals surface area contributed by atoms with Crippen molar-refractivity contribution in [1.29, 1.82) is 0 Å². The van der Waals surface area contributed by atoms with Crippen molar-refractivity contribution < 1.29 is 4.79 Å². The number of rotatable bonds is 4. The Morgan fingerprint density at radius 1 is 1.19 bits per heavy atom. The zero-order valence-corrected chi connectivity index (χ0v) is 13.7. The zero-order valence-electron chi connectivity index (χ0n) is 12.1. The Balaban J connectivity index is 2.30. The highest BCUT2D eigenvalue weighted by Crippen LogP contribution is 2.23. The lowest BCUT2D eigenvalue weighted by molar-refractivity contribution is 0.0690. The Morgan fingerprint density at radius 2 is 1.86 bits per heavy atom. The summed E-state index contributed by atoms with van der Waals surface area (Å²) in [4.78, 5) is 15.3. The summed E-state index contributed by atoms with van der Waals surface area (Å²) in [6, 6.07) is 15.2. The molecule has 110 valence electrons. The van der Waals surface area contributed by atoms with Crippen molar-refractivity contribution in [1.82, 2.24) is 4.90 Å². The van der Waals surface area contributed by atoms with E-state index in [1.54, 1.807) is 18.2 Å². The Labute approximate surface area is 136 Å². The molecule has 0 radical (unpaired) electrons. The van der Waals surface area contributed by atoms with Crippen molar-refractivity contribution in [2.75, 3.05) is 0 Å². The average Bonchev–Trinajstić information content (AvgIpc) is 2.47. The van der Waals surface area contributed by atoms with Crippen molar-refractivity contribution in [3.05, 3.63) is 64.7 Å². The first-order chi connectivity index (χ1) is 9.99. The van der Waals surface area contributed by atoms with E-state index in [4.69, 9.17) is 11.6 Å². The monoisotopic (exact) mass is 319 g/mol. The number of hydrogen-bond donors (Lipinski definition) is 1. The molecule has 0 saturated carbocycles. The highest BCUT2D eigenvalue weighted by molar-refractivity contribution is 7.80. The number of thiol groups is 1. The molecule has 0 aliphatic carbocycles. The van der Waals surface area contributed by atoms with Gasteiger partial charge in [0.15, 0.2) is 0 Å². The second-order valence-corrected chi connectivity index (χ2v) is 6.10. The van der Waals surface area contributed by atoms with Crippen LogP contribution in [0.3, 0.4) is 0 Å². The van der Waals surface area contributed by atoms with Gasteiger partial charge in [-0.05, 0) is 37.6 Å². The molecule has 0 heterocycles. The molecule has 0 aromatic heterocycles. The van der Waals surface area contributed by atoms with Crippen LogP contribution in [0.25, 0.3) is 0 Å². The van der Waals surface area contributed by atoms with Crippen LogP contribution in [-0.2, 0) is 6.54 Å². The third-order valence-electron chi connectivity index (χ3n) is 3.26. The van der Waals surface area contributed by atoms with Gasteiger partial charge in [0.05, 0.1) is 10.6 Å². The van der Waals surface area contributed by atoms with Crippen molar-refractivity contribution in [2.24, 2.45) is 0 Å². The van der Waals surface area contributed by atoms with Crippen LogP contribution < -0.4 is 0 Å². The predicted octanol–water partition coefficient (Wildman–Crippen LogP) is 4.68.